The van der Waals surface area contributed by atoms with E-state index in [4.69, 9.17) is 30.5 Å². The van der Waals surface area contributed by atoms with Gasteiger partial charge in [0.2, 0.25) is 0 Å². The molecule has 1 fully saturated rings. The average molecular weight is 427 g/mol. The molecule has 0 amide bonds. The maximum atomic E-state index is 11.8. The summed E-state index contributed by atoms with van der Waals surface area (Å²) in [4.78, 5) is 47.1. The Morgan fingerprint density at radius 2 is 1.90 bits per heavy atom. The molecule has 0 radical (unpaired) electrons. The fourth-order valence-electron chi connectivity index (χ4n) is 3.25. The fraction of sp³-hybridized carbons (Fsp3) is 0.529. The summed E-state index contributed by atoms with van der Waals surface area (Å²) in [7, 11) is 0. The van der Waals surface area contributed by atoms with Gasteiger partial charge in [0, 0.05) is 20.8 Å². The van der Waals surface area contributed by atoms with E-state index in [9.17, 15) is 14.4 Å². The SMILES string of the molecule is CC(=O)OC[C@H]1O[C@@H](n2cnc3c(Cl)ncnc32)[C@H](OC(C)=O)[C@@]1(C)OC(C)=O. The van der Waals surface area contributed by atoms with Crippen molar-refractivity contribution in [3.8, 4) is 0 Å². The lowest BCUT2D eigenvalue weighted by Gasteiger charge is -2.33. The van der Waals surface area contributed by atoms with Gasteiger partial charge in [-0.3, -0.25) is 19.0 Å². The van der Waals surface area contributed by atoms with Gasteiger partial charge in [-0.2, -0.15) is 0 Å². The number of fused-ring (bicyclic) bond motifs is 1. The van der Waals surface area contributed by atoms with Crippen molar-refractivity contribution >= 4 is 40.7 Å². The molecule has 29 heavy (non-hydrogen) atoms. The molecule has 0 unspecified atom stereocenters. The highest BCUT2D eigenvalue weighted by molar-refractivity contribution is 6.33. The molecular formula is C17H19ClN4O7. The highest BCUT2D eigenvalue weighted by Crippen LogP contribution is 2.43. The Bertz CT molecular complexity index is 964. The molecule has 156 valence electrons. The largest absolute Gasteiger partial charge is 0.463 e. The summed E-state index contributed by atoms with van der Waals surface area (Å²) in [5.41, 5.74) is -0.812. The molecule has 1 aliphatic heterocycles. The molecule has 4 atom stereocenters. The Hall–Kier alpha value is -2.79. The van der Waals surface area contributed by atoms with E-state index >= 15 is 0 Å². The summed E-state index contributed by atoms with van der Waals surface area (Å²) in [6, 6.07) is 0. The van der Waals surface area contributed by atoms with Gasteiger partial charge in [0.05, 0.1) is 6.33 Å². The van der Waals surface area contributed by atoms with Crippen molar-refractivity contribution in [2.75, 3.05) is 6.61 Å². The lowest BCUT2D eigenvalue weighted by Crippen LogP contribution is -2.51. The van der Waals surface area contributed by atoms with Gasteiger partial charge < -0.3 is 18.9 Å². The molecule has 11 nitrogen and oxygen atoms in total. The Balaban J connectivity index is 2.08. The van der Waals surface area contributed by atoms with E-state index in [1.165, 1.54) is 44.9 Å². The predicted octanol–water partition coefficient (Wildman–Crippen LogP) is 1.19. The molecule has 0 saturated carbocycles. The summed E-state index contributed by atoms with van der Waals surface area (Å²) in [5, 5.41) is 0.134. The number of nitrogens with zero attached hydrogens (tertiary/aromatic N) is 4. The van der Waals surface area contributed by atoms with Gasteiger partial charge in [-0.1, -0.05) is 11.6 Å². The molecule has 0 spiro atoms. The van der Waals surface area contributed by atoms with Crippen LogP contribution in [0.3, 0.4) is 0 Å². The van der Waals surface area contributed by atoms with E-state index in [0.29, 0.717) is 11.2 Å². The first-order chi connectivity index (χ1) is 13.6. The third kappa shape index (κ3) is 4.01. The Morgan fingerprint density at radius 1 is 1.17 bits per heavy atom. The molecule has 0 aromatic carbocycles. The van der Waals surface area contributed by atoms with E-state index < -0.39 is 41.9 Å². The van der Waals surface area contributed by atoms with E-state index in [1.807, 2.05) is 0 Å². The number of hydrogen-bond donors (Lipinski definition) is 0. The maximum absolute atomic E-state index is 11.8. The Labute approximate surface area is 170 Å². The van der Waals surface area contributed by atoms with Crippen molar-refractivity contribution in [3.63, 3.8) is 0 Å². The monoisotopic (exact) mass is 426 g/mol. The number of halogens is 1. The van der Waals surface area contributed by atoms with Crippen LogP contribution in [0, 0.1) is 0 Å². The fourth-order valence-corrected chi connectivity index (χ4v) is 3.42. The standard InChI is InChI=1S/C17H19ClN4O7/c1-8(23)26-5-11-17(4,29-10(3)25)13(27-9(2)24)16(28-11)22-7-21-12-14(18)19-6-20-15(12)22/h6-7,11,13,16H,5H2,1-4H3/t11-,13+,16-,17+/m1/s1. The van der Waals surface area contributed by atoms with E-state index in [0.717, 1.165) is 0 Å². The van der Waals surface area contributed by atoms with E-state index in [1.54, 1.807) is 0 Å². The third-order valence-electron chi connectivity index (χ3n) is 4.45. The van der Waals surface area contributed by atoms with Gasteiger partial charge in [0.25, 0.3) is 0 Å². The first-order valence-corrected chi connectivity index (χ1v) is 9.00. The van der Waals surface area contributed by atoms with Crippen molar-refractivity contribution in [3.05, 3.63) is 17.8 Å². The number of aromatic nitrogens is 4. The first-order valence-electron chi connectivity index (χ1n) is 8.62. The van der Waals surface area contributed by atoms with Gasteiger partial charge >= 0.3 is 17.9 Å². The molecule has 3 rings (SSSR count). The lowest BCUT2D eigenvalue weighted by molar-refractivity contribution is -0.183. The van der Waals surface area contributed by atoms with Gasteiger partial charge in [0.15, 0.2) is 28.7 Å². The van der Waals surface area contributed by atoms with Crippen LogP contribution in [0.5, 0.6) is 0 Å². The van der Waals surface area contributed by atoms with Crippen molar-refractivity contribution in [2.24, 2.45) is 0 Å². The van der Waals surface area contributed by atoms with Gasteiger partial charge in [-0.05, 0) is 6.92 Å². The summed E-state index contributed by atoms with van der Waals surface area (Å²) < 4.78 is 23.5. The van der Waals surface area contributed by atoms with Crippen LogP contribution >= 0.6 is 11.6 Å². The number of rotatable bonds is 5. The molecule has 12 heteroatoms. The highest BCUT2D eigenvalue weighted by Gasteiger charge is 2.60. The predicted molar refractivity (Wildman–Crippen MR) is 96.6 cm³/mol. The second kappa shape index (κ2) is 7.91. The molecule has 0 N–H and O–H groups in total. The number of esters is 3. The summed E-state index contributed by atoms with van der Waals surface area (Å²) in [5.74, 6) is -1.78. The zero-order chi connectivity index (χ0) is 21.3. The first kappa shape index (κ1) is 20.9. The summed E-state index contributed by atoms with van der Waals surface area (Å²) >= 11 is 6.06. The van der Waals surface area contributed by atoms with E-state index in [2.05, 4.69) is 15.0 Å². The van der Waals surface area contributed by atoms with Crippen molar-refractivity contribution in [2.45, 2.75) is 51.7 Å². The van der Waals surface area contributed by atoms with Crippen LogP contribution in [0.4, 0.5) is 0 Å². The number of ether oxygens (including phenoxy) is 4. The zero-order valence-electron chi connectivity index (χ0n) is 16.1. The molecule has 2 aromatic rings. The van der Waals surface area contributed by atoms with Gasteiger partial charge in [-0.15, -0.1) is 0 Å². The number of hydrogen-bond acceptors (Lipinski definition) is 10. The topological polar surface area (TPSA) is 132 Å². The van der Waals surface area contributed by atoms with Crippen LogP contribution in [-0.2, 0) is 33.3 Å². The Morgan fingerprint density at radius 3 is 2.52 bits per heavy atom. The molecule has 1 saturated heterocycles. The molecular weight excluding hydrogens is 408 g/mol. The van der Waals surface area contributed by atoms with Crippen LogP contribution in [0.2, 0.25) is 5.15 Å². The minimum absolute atomic E-state index is 0.134. The number of imidazole rings is 1. The minimum atomic E-state index is -1.45. The summed E-state index contributed by atoms with van der Waals surface area (Å²) in [6.07, 6.45) is -0.357. The average Bonchev–Trinajstić information content (AvgIpc) is 3.14. The molecule has 0 bridgehead atoms. The van der Waals surface area contributed by atoms with Crippen LogP contribution in [-0.4, -0.2) is 61.8 Å². The van der Waals surface area contributed by atoms with Gasteiger partial charge in [-0.25, -0.2) is 15.0 Å². The number of carbonyl (C=O) groups is 3. The van der Waals surface area contributed by atoms with E-state index in [-0.39, 0.29) is 11.8 Å². The van der Waals surface area contributed by atoms with Crippen molar-refractivity contribution < 1.29 is 33.3 Å². The van der Waals surface area contributed by atoms with Crippen LogP contribution < -0.4 is 0 Å². The molecule has 3 heterocycles. The zero-order valence-corrected chi connectivity index (χ0v) is 16.9. The van der Waals surface area contributed by atoms with Crippen LogP contribution in [0.25, 0.3) is 11.2 Å². The van der Waals surface area contributed by atoms with Crippen LogP contribution in [0.1, 0.15) is 33.9 Å². The van der Waals surface area contributed by atoms with Gasteiger partial charge in [0.1, 0.15) is 24.6 Å². The minimum Gasteiger partial charge on any atom is -0.463 e. The number of carbonyl (C=O) groups excluding carboxylic acids is 3. The Kier molecular flexibility index (Phi) is 5.71. The summed E-state index contributed by atoms with van der Waals surface area (Å²) in [6.45, 7) is 4.98. The molecule has 0 aliphatic carbocycles. The van der Waals surface area contributed by atoms with Crippen molar-refractivity contribution in [1.82, 2.24) is 19.5 Å². The molecule has 1 aliphatic rings. The van der Waals surface area contributed by atoms with Crippen LogP contribution in [0.15, 0.2) is 12.7 Å². The molecule has 2 aromatic heterocycles. The second-order valence-electron chi connectivity index (χ2n) is 6.61. The van der Waals surface area contributed by atoms with Crippen molar-refractivity contribution in [1.29, 1.82) is 0 Å². The maximum Gasteiger partial charge on any atom is 0.303 e. The third-order valence-corrected chi connectivity index (χ3v) is 4.73. The quantitative estimate of drug-likeness (QED) is 0.390. The second-order valence-corrected chi connectivity index (χ2v) is 6.97. The smallest absolute Gasteiger partial charge is 0.303 e. The highest BCUT2D eigenvalue weighted by atomic mass is 35.5. The lowest BCUT2D eigenvalue weighted by atomic mass is 9.94. The normalized spacial score (nSPS) is 26.3.